The molecule has 1 aliphatic rings. The highest BCUT2D eigenvalue weighted by molar-refractivity contribution is 9.10. The van der Waals surface area contributed by atoms with E-state index in [0.29, 0.717) is 6.04 Å². The lowest BCUT2D eigenvalue weighted by Crippen LogP contribution is -2.34. The molecule has 9 heteroatoms. The molecule has 1 amide bonds. The summed E-state index contributed by atoms with van der Waals surface area (Å²) in [6, 6.07) is 14.1. The Kier molecular flexibility index (Phi) is 6.66. The number of piperidine rings is 1. The molecule has 5 rings (SSSR count). The molecule has 36 heavy (non-hydrogen) atoms. The second kappa shape index (κ2) is 9.89. The fraction of sp³-hybridized carbons (Fsp3) is 0.333. The number of hydrogen-bond donors (Lipinski definition) is 1. The third-order valence-electron chi connectivity index (χ3n) is 6.12. The number of aromatic nitrogens is 4. The van der Waals surface area contributed by atoms with E-state index in [9.17, 15) is 4.79 Å². The average Bonchev–Trinajstić information content (AvgIpc) is 3.34. The number of rotatable bonds is 4. The largest absolute Gasteiger partial charge is 0.444 e. The van der Waals surface area contributed by atoms with Gasteiger partial charge in [-0.15, -0.1) is 0 Å². The molecule has 2 aromatic heterocycles. The van der Waals surface area contributed by atoms with Gasteiger partial charge in [0.25, 0.3) is 0 Å². The minimum absolute atomic E-state index is 0.318. The first-order valence-corrected chi connectivity index (χ1v) is 12.9. The number of anilines is 2. The van der Waals surface area contributed by atoms with Gasteiger partial charge < -0.3 is 9.64 Å². The van der Waals surface area contributed by atoms with Gasteiger partial charge in [-0.05, 0) is 79.9 Å². The fourth-order valence-corrected chi connectivity index (χ4v) is 4.84. The quantitative estimate of drug-likeness (QED) is 0.315. The molecule has 0 radical (unpaired) electrons. The number of nitrogens with one attached hydrogen (secondary N) is 1. The van der Waals surface area contributed by atoms with Crippen molar-refractivity contribution in [3.05, 3.63) is 65.5 Å². The summed E-state index contributed by atoms with van der Waals surface area (Å²) < 4.78 is 8.35. The van der Waals surface area contributed by atoms with Crippen LogP contribution in [0.1, 0.15) is 39.7 Å². The van der Waals surface area contributed by atoms with Crippen molar-refractivity contribution in [1.29, 1.82) is 0 Å². The highest BCUT2D eigenvalue weighted by atomic mass is 79.9. The van der Waals surface area contributed by atoms with E-state index in [-0.39, 0.29) is 0 Å². The highest BCUT2D eigenvalue weighted by Crippen LogP contribution is 2.30. The third-order valence-corrected chi connectivity index (χ3v) is 6.76. The van der Waals surface area contributed by atoms with Crippen LogP contribution in [0.2, 0.25) is 0 Å². The number of carbonyl (C=O) groups excluding carboxylic acids is 1. The summed E-state index contributed by atoms with van der Waals surface area (Å²) in [5.74, 6) is 0. The maximum Gasteiger partial charge on any atom is 0.412 e. The molecule has 0 spiro atoms. The zero-order valence-corrected chi connectivity index (χ0v) is 22.2. The van der Waals surface area contributed by atoms with Crippen molar-refractivity contribution in [3.8, 4) is 11.3 Å². The number of halogens is 1. The van der Waals surface area contributed by atoms with Gasteiger partial charge in [-0.3, -0.25) is 15.0 Å². The van der Waals surface area contributed by atoms with Crippen LogP contribution in [-0.2, 0) is 4.74 Å². The van der Waals surface area contributed by atoms with Crippen molar-refractivity contribution in [2.45, 2.75) is 45.3 Å². The molecule has 4 aromatic rings. The smallest absolute Gasteiger partial charge is 0.412 e. The van der Waals surface area contributed by atoms with Crippen LogP contribution in [0.5, 0.6) is 0 Å². The van der Waals surface area contributed by atoms with E-state index in [0.717, 1.165) is 64.1 Å². The van der Waals surface area contributed by atoms with Crippen LogP contribution in [0.25, 0.3) is 22.3 Å². The van der Waals surface area contributed by atoms with Gasteiger partial charge in [-0.1, -0.05) is 12.1 Å². The lowest BCUT2D eigenvalue weighted by atomic mass is 10.0. The molecule has 186 valence electrons. The van der Waals surface area contributed by atoms with E-state index in [1.165, 1.54) is 0 Å². The third kappa shape index (κ3) is 5.51. The normalized spacial score (nSPS) is 14.7. The van der Waals surface area contributed by atoms with Gasteiger partial charge in [0.15, 0.2) is 0 Å². The van der Waals surface area contributed by atoms with Gasteiger partial charge in [0.1, 0.15) is 11.1 Å². The minimum atomic E-state index is -0.534. The summed E-state index contributed by atoms with van der Waals surface area (Å²) in [5.41, 5.74) is 4.76. The van der Waals surface area contributed by atoms with E-state index in [4.69, 9.17) is 9.72 Å². The highest BCUT2D eigenvalue weighted by Gasteiger charge is 2.23. The number of nitrogens with zero attached hydrogens (tertiary/aromatic N) is 5. The Morgan fingerprint density at radius 2 is 1.89 bits per heavy atom. The van der Waals surface area contributed by atoms with Crippen LogP contribution in [0.4, 0.5) is 16.2 Å². The van der Waals surface area contributed by atoms with Crippen LogP contribution < -0.4 is 10.2 Å². The number of hydrogen-bond acceptors (Lipinski definition) is 6. The molecule has 0 unspecified atom stereocenters. The molecule has 3 heterocycles. The summed E-state index contributed by atoms with van der Waals surface area (Å²) in [6.07, 6.45) is 7.23. The fourth-order valence-electron chi connectivity index (χ4n) is 4.40. The first-order chi connectivity index (χ1) is 17.2. The molecule has 1 N–H and O–H groups in total. The Morgan fingerprint density at radius 3 is 2.67 bits per heavy atom. The van der Waals surface area contributed by atoms with Crippen molar-refractivity contribution in [1.82, 2.24) is 19.7 Å². The van der Waals surface area contributed by atoms with E-state index < -0.39 is 11.7 Å². The molecule has 1 saturated heterocycles. The van der Waals surface area contributed by atoms with E-state index in [2.05, 4.69) is 53.2 Å². The summed E-state index contributed by atoms with van der Waals surface area (Å²) in [4.78, 5) is 23.8. The van der Waals surface area contributed by atoms with Crippen LogP contribution in [-0.4, -0.2) is 44.5 Å². The Labute approximate surface area is 218 Å². The predicted octanol–water partition coefficient (Wildman–Crippen LogP) is 6.44. The second-order valence-corrected chi connectivity index (χ2v) is 10.8. The lowest BCUT2D eigenvalue weighted by Gasteiger charge is -2.34. The number of benzene rings is 2. The molecule has 0 bridgehead atoms. The van der Waals surface area contributed by atoms with Crippen molar-refractivity contribution >= 4 is 44.4 Å². The van der Waals surface area contributed by atoms with Gasteiger partial charge in [0.05, 0.1) is 29.6 Å². The number of fused-ring (bicyclic) bond motifs is 1. The van der Waals surface area contributed by atoms with Gasteiger partial charge in [-0.25, -0.2) is 9.78 Å². The molecule has 1 fully saturated rings. The van der Waals surface area contributed by atoms with E-state index in [1.807, 2.05) is 63.4 Å². The Hall–Kier alpha value is -3.46. The molecular weight excluding hydrogens is 520 g/mol. The van der Waals surface area contributed by atoms with Crippen molar-refractivity contribution in [2.75, 3.05) is 23.3 Å². The standard InChI is InChI=1S/C27H29BrN6O2/c1-27(2,3)36-26(35)31-19-6-4-7-21(14-19)33-12-10-20(11-13-33)34-17-18(15-30-34)24-16-29-23-9-5-8-22(28)25(23)32-24/h4-9,14-17,20H,10-13H2,1-3H3,(H,31,35). The lowest BCUT2D eigenvalue weighted by molar-refractivity contribution is 0.0636. The first-order valence-electron chi connectivity index (χ1n) is 12.1. The van der Waals surface area contributed by atoms with Crippen molar-refractivity contribution in [3.63, 3.8) is 0 Å². The summed E-state index contributed by atoms with van der Waals surface area (Å²) in [7, 11) is 0. The van der Waals surface area contributed by atoms with E-state index in [1.54, 1.807) is 6.20 Å². The maximum absolute atomic E-state index is 12.1. The van der Waals surface area contributed by atoms with Gasteiger partial charge in [-0.2, -0.15) is 5.10 Å². The average molecular weight is 549 g/mol. The van der Waals surface area contributed by atoms with Crippen molar-refractivity contribution < 1.29 is 9.53 Å². The maximum atomic E-state index is 12.1. The Bertz CT molecular complexity index is 1390. The van der Waals surface area contributed by atoms with E-state index >= 15 is 0 Å². The molecule has 0 atom stereocenters. The number of amides is 1. The first kappa shape index (κ1) is 24.2. The van der Waals surface area contributed by atoms with Crippen LogP contribution in [0, 0.1) is 0 Å². The number of para-hydroxylation sites is 1. The summed E-state index contributed by atoms with van der Waals surface area (Å²) in [5, 5.41) is 7.48. The minimum Gasteiger partial charge on any atom is -0.444 e. The Balaban J connectivity index is 1.23. The van der Waals surface area contributed by atoms with Crippen LogP contribution >= 0.6 is 15.9 Å². The topological polar surface area (TPSA) is 85.2 Å². The zero-order valence-electron chi connectivity index (χ0n) is 20.6. The van der Waals surface area contributed by atoms with Crippen LogP contribution in [0.15, 0.2) is 65.5 Å². The molecular formula is C27H29BrN6O2. The predicted molar refractivity (Wildman–Crippen MR) is 145 cm³/mol. The van der Waals surface area contributed by atoms with Crippen LogP contribution in [0.3, 0.4) is 0 Å². The zero-order chi connectivity index (χ0) is 25.3. The number of carbonyl (C=O) groups is 1. The second-order valence-electron chi connectivity index (χ2n) is 9.97. The van der Waals surface area contributed by atoms with Gasteiger partial charge in [0, 0.05) is 40.7 Å². The Morgan fingerprint density at radius 1 is 1.11 bits per heavy atom. The molecule has 1 aliphatic heterocycles. The molecule has 2 aromatic carbocycles. The molecule has 0 saturated carbocycles. The molecule has 8 nitrogen and oxygen atoms in total. The monoisotopic (exact) mass is 548 g/mol. The summed E-state index contributed by atoms with van der Waals surface area (Å²) >= 11 is 3.57. The molecule has 0 aliphatic carbocycles. The van der Waals surface area contributed by atoms with Crippen molar-refractivity contribution in [2.24, 2.45) is 0 Å². The van der Waals surface area contributed by atoms with Gasteiger partial charge >= 0.3 is 6.09 Å². The number of ether oxygens (including phenoxy) is 1. The summed E-state index contributed by atoms with van der Waals surface area (Å²) in [6.45, 7) is 7.36. The SMILES string of the molecule is CC(C)(C)OC(=O)Nc1cccc(N2CCC(n3cc(-c4cnc5cccc(Br)c5n4)cn3)CC2)c1. The van der Waals surface area contributed by atoms with Gasteiger partial charge in [0.2, 0.25) is 0 Å².